The van der Waals surface area contributed by atoms with E-state index in [1.807, 2.05) is 0 Å². The number of piperazine rings is 1. The van der Waals surface area contributed by atoms with E-state index in [0.717, 1.165) is 67.6 Å². The van der Waals surface area contributed by atoms with Crippen molar-refractivity contribution in [3.8, 4) is 0 Å². The number of nitrogens with zero attached hydrogens (tertiary/aromatic N) is 3. The van der Waals surface area contributed by atoms with Crippen LogP contribution in [0.2, 0.25) is 0 Å². The molecule has 2 heterocycles. The van der Waals surface area contributed by atoms with Crippen molar-refractivity contribution in [3.63, 3.8) is 0 Å². The van der Waals surface area contributed by atoms with Crippen LogP contribution in [0.5, 0.6) is 0 Å². The zero-order chi connectivity index (χ0) is 14.5. The van der Waals surface area contributed by atoms with Crippen LogP contribution in [-0.4, -0.2) is 60.4 Å². The number of nitrogens with one attached hydrogen (secondary N) is 1. The lowest BCUT2D eigenvalue weighted by molar-refractivity contribution is 0.155. The molecule has 20 heavy (non-hydrogen) atoms. The molecule has 0 saturated carbocycles. The van der Waals surface area contributed by atoms with Gasteiger partial charge >= 0.3 is 0 Å². The van der Waals surface area contributed by atoms with Crippen molar-refractivity contribution < 1.29 is 0 Å². The third-order valence-corrected chi connectivity index (χ3v) is 4.90. The number of rotatable bonds is 6. The second-order valence-electron chi connectivity index (χ2n) is 5.44. The van der Waals surface area contributed by atoms with E-state index < -0.39 is 0 Å². The molecule has 1 aliphatic rings. The fourth-order valence-electron chi connectivity index (χ4n) is 2.45. The molecular formula is C14H25N5S. The van der Waals surface area contributed by atoms with Crippen molar-refractivity contribution in [2.75, 3.05) is 39.8 Å². The van der Waals surface area contributed by atoms with Crippen LogP contribution in [0.3, 0.4) is 0 Å². The summed E-state index contributed by atoms with van der Waals surface area (Å²) >= 11 is 1.60. The normalized spacial score (nSPS) is 17.5. The van der Waals surface area contributed by atoms with Gasteiger partial charge in [-0.15, -0.1) is 11.3 Å². The first-order valence-electron chi connectivity index (χ1n) is 7.34. The van der Waals surface area contributed by atoms with Gasteiger partial charge in [0, 0.05) is 39.1 Å². The van der Waals surface area contributed by atoms with Gasteiger partial charge in [0.15, 0.2) is 0 Å². The molecule has 6 heteroatoms. The lowest BCUT2D eigenvalue weighted by Crippen LogP contribution is -2.45. The molecule has 3 N–H and O–H groups in total. The molecule has 1 fully saturated rings. The van der Waals surface area contributed by atoms with E-state index in [0.29, 0.717) is 0 Å². The molecule has 0 unspecified atom stereocenters. The molecular weight excluding hydrogens is 270 g/mol. The van der Waals surface area contributed by atoms with E-state index in [9.17, 15) is 0 Å². The Morgan fingerprint density at radius 2 is 2.00 bits per heavy atom. The van der Waals surface area contributed by atoms with Crippen LogP contribution < -0.4 is 5.73 Å². The minimum atomic E-state index is 0.164. The SMILES string of the molecule is CCCc1nc(CCN2CCN(C)CC2)sc1C(=N)N. The Balaban J connectivity index is 1.92. The second-order valence-corrected chi connectivity index (χ2v) is 6.53. The van der Waals surface area contributed by atoms with Crippen molar-refractivity contribution >= 4 is 17.2 Å². The standard InChI is InChI=1S/C14H25N5S/c1-3-4-11-13(14(15)16)20-12(17-11)5-6-19-9-7-18(2)8-10-19/h3-10H2,1-2H3,(H3,15,16). The number of aromatic nitrogens is 1. The summed E-state index contributed by atoms with van der Waals surface area (Å²) in [7, 11) is 2.17. The average Bonchev–Trinajstić information content (AvgIpc) is 2.82. The number of hydrogen-bond acceptors (Lipinski definition) is 5. The Hall–Kier alpha value is -0.980. The van der Waals surface area contributed by atoms with Crippen LogP contribution in [0.15, 0.2) is 0 Å². The fraction of sp³-hybridized carbons (Fsp3) is 0.714. The van der Waals surface area contributed by atoms with Crippen molar-refractivity contribution in [3.05, 3.63) is 15.6 Å². The summed E-state index contributed by atoms with van der Waals surface area (Å²) in [6.45, 7) is 7.78. The third-order valence-electron chi connectivity index (χ3n) is 3.71. The summed E-state index contributed by atoms with van der Waals surface area (Å²) in [6.07, 6.45) is 2.93. The maximum atomic E-state index is 7.65. The maximum absolute atomic E-state index is 7.65. The Morgan fingerprint density at radius 1 is 1.30 bits per heavy atom. The minimum Gasteiger partial charge on any atom is -0.383 e. The number of nitrogens with two attached hydrogens (primary N) is 1. The molecule has 1 saturated heterocycles. The summed E-state index contributed by atoms with van der Waals surface area (Å²) in [5.41, 5.74) is 6.66. The zero-order valence-electron chi connectivity index (χ0n) is 12.5. The molecule has 0 bridgehead atoms. The molecule has 112 valence electrons. The first kappa shape index (κ1) is 15.4. The molecule has 0 amide bonds. The molecule has 1 aromatic rings. The van der Waals surface area contributed by atoms with Crippen LogP contribution in [0.25, 0.3) is 0 Å². The van der Waals surface area contributed by atoms with Crippen molar-refractivity contribution in [2.45, 2.75) is 26.2 Å². The Kier molecular flexibility index (Phi) is 5.51. The van der Waals surface area contributed by atoms with Crippen molar-refractivity contribution in [1.29, 1.82) is 5.41 Å². The van der Waals surface area contributed by atoms with Crippen LogP contribution in [0.4, 0.5) is 0 Å². The predicted molar refractivity (Wildman–Crippen MR) is 84.8 cm³/mol. The summed E-state index contributed by atoms with van der Waals surface area (Å²) in [4.78, 5) is 10.4. The third kappa shape index (κ3) is 4.01. The molecule has 0 atom stereocenters. The maximum Gasteiger partial charge on any atom is 0.135 e. The molecule has 1 aromatic heterocycles. The fourth-order valence-corrected chi connectivity index (χ4v) is 3.41. The monoisotopic (exact) mass is 295 g/mol. The lowest BCUT2D eigenvalue weighted by Gasteiger charge is -2.32. The molecule has 0 radical (unpaired) electrons. The Morgan fingerprint density at radius 3 is 2.60 bits per heavy atom. The van der Waals surface area contributed by atoms with Gasteiger partial charge in [0.25, 0.3) is 0 Å². The van der Waals surface area contributed by atoms with Gasteiger partial charge in [-0.1, -0.05) is 13.3 Å². The highest BCUT2D eigenvalue weighted by molar-refractivity contribution is 7.13. The Labute approximate surface area is 125 Å². The van der Waals surface area contributed by atoms with Gasteiger partial charge in [0.1, 0.15) is 5.84 Å². The van der Waals surface area contributed by atoms with Gasteiger partial charge in [0.05, 0.1) is 15.6 Å². The molecule has 5 nitrogen and oxygen atoms in total. The van der Waals surface area contributed by atoms with Gasteiger partial charge in [0.2, 0.25) is 0 Å². The lowest BCUT2D eigenvalue weighted by atomic mass is 10.2. The van der Waals surface area contributed by atoms with Crippen LogP contribution in [0.1, 0.15) is 28.9 Å². The van der Waals surface area contributed by atoms with Gasteiger partial charge in [-0.05, 0) is 13.5 Å². The highest BCUT2D eigenvalue weighted by Gasteiger charge is 2.16. The summed E-state index contributed by atoms with van der Waals surface area (Å²) in [6, 6.07) is 0. The molecule has 2 rings (SSSR count). The highest BCUT2D eigenvalue weighted by atomic mass is 32.1. The number of amidine groups is 1. The number of likely N-dealkylation sites (N-methyl/N-ethyl adjacent to an activating group) is 1. The van der Waals surface area contributed by atoms with Gasteiger partial charge < -0.3 is 15.5 Å². The van der Waals surface area contributed by atoms with E-state index in [-0.39, 0.29) is 5.84 Å². The number of thiazole rings is 1. The van der Waals surface area contributed by atoms with Crippen molar-refractivity contribution in [2.24, 2.45) is 5.73 Å². The number of aryl methyl sites for hydroxylation is 1. The van der Waals surface area contributed by atoms with Crippen LogP contribution >= 0.6 is 11.3 Å². The molecule has 1 aliphatic heterocycles. The van der Waals surface area contributed by atoms with E-state index >= 15 is 0 Å². The summed E-state index contributed by atoms with van der Waals surface area (Å²) < 4.78 is 0. The van der Waals surface area contributed by atoms with E-state index in [4.69, 9.17) is 11.1 Å². The van der Waals surface area contributed by atoms with Crippen LogP contribution in [0, 0.1) is 5.41 Å². The topological polar surface area (TPSA) is 69.2 Å². The smallest absolute Gasteiger partial charge is 0.135 e. The average molecular weight is 295 g/mol. The van der Waals surface area contributed by atoms with Gasteiger partial charge in [-0.3, -0.25) is 5.41 Å². The first-order chi connectivity index (χ1) is 9.60. The quantitative estimate of drug-likeness (QED) is 0.610. The molecule has 0 spiro atoms. The van der Waals surface area contributed by atoms with E-state index in [2.05, 4.69) is 28.8 Å². The van der Waals surface area contributed by atoms with E-state index in [1.54, 1.807) is 11.3 Å². The highest BCUT2D eigenvalue weighted by Crippen LogP contribution is 2.20. The first-order valence-corrected chi connectivity index (χ1v) is 8.15. The largest absolute Gasteiger partial charge is 0.383 e. The number of nitrogen functional groups attached to an aromatic ring is 1. The zero-order valence-corrected chi connectivity index (χ0v) is 13.3. The molecule has 0 aliphatic carbocycles. The Bertz CT molecular complexity index is 448. The van der Waals surface area contributed by atoms with Crippen molar-refractivity contribution in [1.82, 2.24) is 14.8 Å². The van der Waals surface area contributed by atoms with Gasteiger partial charge in [-0.25, -0.2) is 4.98 Å². The van der Waals surface area contributed by atoms with E-state index in [1.165, 1.54) is 0 Å². The second kappa shape index (κ2) is 7.15. The van der Waals surface area contributed by atoms with Gasteiger partial charge in [-0.2, -0.15) is 0 Å². The summed E-state index contributed by atoms with van der Waals surface area (Å²) in [5, 5.41) is 8.77. The molecule has 0 aromatic carbocycles. The predicted octanol–water partition coefficient (Wildman–Crippen LogP) is 1.17. The number of hydrogen-bond donors (Lipinski definition) is 2. The minimum absolute atomic E-state index is 0.164. The van der Waals surface area contributed by atoms with Crippen LogP contribution in [-0.2, 0) is 12.8 Å². The summed E-state index contributed by atoms with van der Waals surface area (Å²) in [5.74, 6) is 0.164.